The average Bonchev–Trinajstić information content (AvgIpc) is 3.53. The van der Waals surface area contributed by atoms with Gasteiger partial charge in [0.15, 0.2) is 0 Å². The third-order valence-electron chi connectivity index (χ3n) is 5.16. The number of amides is 1. The first-order valence-corrected chi connectivity index (χ1v) is 11.4. The van der Waals surface area contributed by atoms with E-state index in [2.05, 4.69) is 0 Å². The second-order valence-corrected chi connectivity index (χ2v) is 9.24. The van der Waals surface area contributed by atoms with Crippen molar-refractivity contribution in [1.82, 2.24) is 13.8 Å². The normalized spacial score (nSPS) is 14.1. The first-order valence-electron chi connectivity index (χ1n) is 10.0. The topological polar surface area (TPSA) is 79.7 Å². The van der Waals surface area contributed by atoms with Gasteiger partial charge in [0.25, 0.3) is 5.56 Å². The van der Waals surface area contributed by atoms with Crippen molar-refractivity contribution in [1.29, 1.82) is 0 Å². The van der Waals surface area contributed by atoms with Crippen molar-refractivity contribution in [3.8, 4) is 0 Å². The van der Waals surface area contributed by atoms with Crippen LogP contribution in [-0.2, 0) is 27.9 Å². The molecule has 0 saturated heterocycles. The highest BCUT2D eigenvalue weighted by Gasteiger charge is 2.33. The number of sulfonamides is 1. The van der Waals surface area contributed by atoms with E-state index < -0.39 is 15.6 Å². The minimum Gasteiger partial charge on any atom is -0.334 e. The van der Waals surface area contributed by atoms with E-state index in [1.54, 1.807) is 30.9 Å². The SMILES string of the molecule is CCN(CC)S(=O)(=O)c1ccc(=O)n(CC(=O)N(Cc2cccc(F)c2)C2CC2)c1. The Morgan fingerprint density at radius 3 is 2.47 bits per heavy atom. The lowest BCUT2D eigenvalue weighted by Gasteiger charge is -2.23. The van der Waals surface area contributed by atoms with Gasteiger partial charge in [0.05, 0.1) is 4.90 Å². The van der Waals surface area contributed by atoms with E-state index in [0.29, 0.717) is 18.7 Å². The Balaban J connectivity index is 1.83. The number of carbonyl (C=O) groups is 1. The van der Waals surface area contributed by atoms with Crippen LogP contribution in [0.15, 0.2) is 52.3 Å². The molecule has 9 heteroatoms. The number of rotatable bonds is 9. The fourth-order valence-electron chi connectivity index (χ4n) is 3.37. The molecule has 1 aromatic carbocycles. The van der Waals surface area contributed by atoms with Crippen LogP contribution < -0.4 is 5.56 Å². The maximum absolute atomic E-state index is 13.5. The number of hydrogen-bond donors (Lipinski definition) is 0. The third-order valence-corrected chi connectivity index (χ3v) is 7.19. The maximum atomic E-state index is 13.5. The zero-order valence-corrected chi connectivity index (χ0v) is 17.9. The largest absolute Gasteiger partial charge is 0.334 e. The molecule has 0 unspecified atom stereocenters. The number of halogens is 1. The Labute approximate surface area is 175 Å². The van der Waals surface area contributed by atoms with Crippen LogP contribution in [0, 0.1) is 5.82 Å². The van der Waals surface area contributed by atoms with E-state index >= 15 is 0 Å². The monoisotopic (exact) mass is 435 g/mol. The van der Waals surface area contributed by atoms with E-state index in [1.165, 1.54) is 28.7 Å². The summed E-state index contributed by atoms with van der Waals surface area (Å²) in [6.07, 6.45) is 2.93. The van der Waals surface area contributed by atoms with Gasteiger partial charge in [-0.25, -0.2) is 12.8 Å². The van der Waals surface area contributed by atoms with Gasteiger partial charge in [-0.15, -0.1) is 0 Å². The molecule has 3 rings (SSSR count). The van der Waals surface area contributed by atoms with Crippen LogP contribution in [0.3, 0.4) is 0 Å². The van der Waals surface area contributed by atoms with E-state index in [1.807, 2.05) is 0 Å². The zero-order valence-electron chi connectivity index (χ0n) is 17.1. The number of benzene rings is 1. The molecule has 162 valence electrons. The van der Waals surface area contributed by atoms with E-state index in [9.17, 15) is 22.4 Å². The first kappa shape index (κ1) is 22.2. The quantitative estimate of drug-likeness (QED) is 0.605. The van der Waals surface area contributed by atoms with Crippen molar-refractivity contribution in [2.75, 3.05) is 13.1 Å². The fraction of sp³-hybridized carbons (Fsp3) is 0.429. The summed E-state index contributed by atoms with van der Waals surface area (Å²) in [6, 6.07) is 8.54. The molecule has 1 aliphatic rings. The average molecular weight is 436 g/mol. The summed E-state index contributed by atoms with van der Waals surface area (Å²) in [5, 5.41) is 0. The smallest absolute Gasteiger partial charge is 0.251 e. The summed E-state index contributed by atoms with van der Waals surface area (Å²) in [4.78, 5) is 26.8. The predicted molar refractivity (Wildman–Crippen MR) is 111 cm³/mol. The van der Waals surface area contributed by atoms with Crippen molar-refractivity contribution >= 4 is 15.9 Å². The van der Waals surface area contributed by atoms with Crippen LogP contribution >= 0.6 is 0 Å². The van der Waals surface area contributed by atoms with Gasteiger partial charge in [0.1, 0.15) is 12.4 Å². The van der Waals surface area contributed by atoms with E-state index in [4.69, 9.17) is 0 Å². The number of hydrogen-bond acceptors (Lipinski definition) is 4. The molecule has 0 aliphatic heterocycles. The molecule has 0 spiro atoms. The van der Waals surface area contributed by atoms with Gasteiger partial charge in [-0.1, -0.05) is 26.0 Å². The van der Waals surface area contributed by atoms with Crippen molar-refractivity contribution in [2.24, 2.45) is 0 Å². The van der Waals surface area contributed by atoms with E-state index in [0.717, 1.165) is 23.5 Å². The second-order valence-electron chi connectivity index (χ2n) is 7.30. The molecule has 7 nitrogen and oxygen atoms in total. The van der Waals surface area contributed by atoms with Crippen molar-refractivity contribution in [2.45, 2.75) is 50.7 Å². The van der Waals surface area contributed by atoms with Crippen LogP contribution in [0.2, 0.25) is 0 Å². The standard InChI is InChI=1S/C21H26FN3O4S/c1-3-24(4-2)30(28,29)19-10-11-20(26)23(14-19)15-21(27)25(18-8-9-18)13-16-6-5-7-17(22)12-16/h5-7,10-12,14,18H,3-4,8-9,13,15H2,1-2H3. The molecule has 1 aromatic heterocycles. The third kappa shape index (κ3) is 4.96. The van der Waals surface area contributed by atoms with Crippen LogP contribution in [0.25, 0.3) is 0 Å². The Bertz CT molecular complexity index is 1080. The molecule has 1 heterocycles. The van der Waals surface area contributed by atoms with Gasteiger partial charge in [-0.05, 0) is 36.6 Å². The van der Waals surface area contributed by atoms with Gasteiger partial charge in [-0.3, -0.25) is 9.59 Å². The number of carbonyl (C=O) groups excluding carboxylic acids is 1. The Hall–Kier alpha value is -2.52. The minimum absolute atomic E-state index is 0.0262. The van der Waals surface area contributed by atoms with Crippen LogP contribution in [0.4, 0.5) is 4.39 Å². The van der Waals surface area contributed by atoms with Gasteiger partial charge in [0, 0.05) is 37.9 Å². The molecule has 0 radical (unpaired) electrons. The lowest BCUT2D eigenvalue weighted by Crippen LogP contribution is -2.38. The summed E-state index contributed by atoms with van der Waals surface area (Å²) in [5.74, 6) is -0.678. The number of pyridine rings is 1. The molecule has 0 N–H and O–H groups in total. The summed E-state index contributed by atoms with van der Waals surface area (Å²) < 4.78 is 41.4. The molecule has 30 heavy (non-hydrogen) atoms. The molecule has 1 fully saturated rings. The lowest BCUT2D eigenvalue weighted by molar-refractivity contribution is -0.133. The highest BCUT2D eigenvalue weighted by molar-refractivity contribution is 7.89. The van der Waals surface area contributed by atoms with Gasteiger partial charge in [-0.2, -0.15) is 4.31 Å². The van der Waals surface area contributed by atoms with Crippen LogP contribution in [-0.4, -0.2) is 47.2 Å². The van der Waals surface area contributed by atoms with Crippen LogP contribution in [0.1, 0.15) is 32.3 Å². The molecule has 1 amide bonds. The Morgan fingerprint density at radius 2 is 1.87 bits per heavy atom. The molecule has 2 aromatic rings. The number of aromatic nitrogens is 1. The van der Waals surface area contributed by atoms with Gasteiger partial charge < -0.3 is 9.47 Å². The Kier molecular flexibility index (Phi) is 6.72. The van der Waals surface area contributed by atoms with Gasteiger partial charge in [0.2, 0.25) is 15.9 Å². The second kappa shape index (κ2) is 9.09. The van der Waals surface area contributed by atoms with Crippen molar-refractivity contribution in [3.05, 3.63) is 64.3 Å². The summed E-state index contributed by atoms with van der Waals surface area (Å²) in [7, 11) is -3.75. The summed E-state index contributed by atoms with van der Waals surface area (Å²) in [5.41, 5.74) is 0.212. The zero-order chi connectivity index (χ0) is 21.9. The van der Waals surface area contributed by atoms with E-state index in [-0.39, 0.29) is 35.8 Å². The summed E-state index contributed by atoms with van der Waals surface area (Å²) in [6.45, 7) is 4.06. The highest BCUT2D eigenvalue weighted by atomic mass is 32.2. The highest BCUT2D eigenvalue weighted by Crippen LogP contribution is 2.29. The fourth-order valence-corrected chi connectivity index (χ4v) is 4.85. The van der Waals surface area contributed by atoms with Crippen molar-refractivity contribution < 1.29 is 17.6 Å². The minimum atomic E-state index is -3.75. The molecular weight excluding hydrogens is 409 g/mol. The number of nitrogens with zero attached hydrogens (tertiary/aromatic N) is 3. The molecule has 1 saturated carbocycles. The lowest BCUT2D eigenvalue weighted by atomic mass is 10.2. The Morgan fingerprint density at radius 1 is 1.17 bits per heavy atom. The molecular formula is C21H26FN3O4S. The predicted octanol–water partition coefficient (Wildman–Crippen LogP) is 2.21. The molecule has 0 atom stereocenters. The molecule has 0 bridgehead atoms. The van der Waals surface area contributed by atoms with Crippen LogP contribution in [0.5, 0.6) is 0 Å². The summed E-state index contributed by atoms with van der Waals surface area (Å²) >= 11 is 0. The van der Waals surface area contributed by atoms with Crippen molar-refractivity contribution in [3.63, 3.8) is 0 Å². The first-order chi connectivity index (χ1) is 14.3. The van der Waals surface area contributed by atoms with Gasteiger partial charge >= 0.3 is 0 Å². The molecule has 1 aliphatic carbocycles. The maximum Gasteiger partial charge on any atom is 0.251 e.